The van der Waals surface area contributed by atoms with Crippen molar-refractivity contribution in [1.29, 1.82) is 0 Å². The molecule has 1 unspecified atom stereocenters. The van der Waals surface area contributed by atoms with Gasteiger partial charge in [0, 0.05) is 16.0 Å². The molecule has 2 aromatic carbocycles. The number of rotatable bonds is 4. The first-order valence-electron chi connectivity index (χ1n) is 5.91. The molecule has 0 fully saturated rings. The number of hydrogen-bond donors (Lipinski definition) is 1. The van der Waals surface area contributed by atoms with Crippen LogP contribution in [0.15, 0.2) is 42.5 Å². The normalized spacial score (nSPS) is 12.4. The highest BCUT2D eigenvalue weighted by atomic mass is 35.5. The number of benzene rings is 2. The summed E-state index contributed by atoms with van der Waals surface area (Å²) in [5, 5.41) is 10.6. The SMILES string of the molecule is OCC(Cc1ccc(Cl)cc1Cl)c1ccccc1F. The molecule has 0 heterocycles. The van der Waals surface area contributed by atoms with Crippen LogP contribution < -0.4 is 0 Å². The van der Waals surface area contributed by atoms with Gasteiger partial charge < -0.3 is 5.11 Å². The quantitative estimate of drug-likeness (QED) is 0.884. The van der Waals surface area contributed by atoms with Crippen LogP contribution in [-0.4, -0.2) is 11.7 Å². The molecular weight excluding hydrogens is 286 g/mol. The number of hydrogen-bond acceptors (Lipinski definition) is 1. The van der Waals surface area contributed by atoms with Crippen LogP contribution in [0.1, 0.15) is 17.0 Å². The van der Waals surface area contributed by atoms with E-state index in [9.17, 15) is 9.50 Å². The van der Waals surface area contributed by atoms with Crippen molar-refractivity contribution in [2.45, 2.75) is 12.3 Å². The minimum Gasteiger partial charge on any atom is -0.396 e. The fourth-order valence-corrected chi connectivity index (χ4v) is 2.52. The molecule has 0 aromatic heterocycles. The zero-order chi connectivity index (χ0) is 13.8. The van der Waals surface area contributed by atoms with Crippen molar-refractivity contribution in [3.05, 3.63) is 69.5 Å². The van der Waals surface area contributed by atoms with Gasteiger partial charge in [0.05, 0.1) is 6.61 Å². The molecule has 4 heteroatoms. The molecule has 0 aliphatic carbocycles. The van der Waals surface area contributed by atoms with Crippen LogP contribution in [0.25, 0.3) is 0 Å². The van der Waals surface area contributed by atoms with E-state index < -0.39 is 0 Å². The Bertz CT molecular complexity index is 572. The molecular formula is C15H13Cl2FO. The average molecular weight is 299 g/mol. The van der Waals surface area contributed by atoms with Crippen LogP contribution in [0.2, 0.25) is 10.0 Å². The van der Waals surface area contributed by atoms with E-state index in [0.29, 0.717) is 22.0 Å². The van der Waals surface area contributed by atoms with E-state index in [1.54, 1.807) is 36.4 Å². The molecule has 2 rings (SSSR count). The fourth-order valence-electron chi connectivity index (χ4n) is 2.03. The zero-order valence-corrected chi connectivity index (χ0v) is 11.6. The molecule has 1 nitrogen and oxygen atoms in total. The van der Waals surface area contributed by atoms with Crippen molar-refractivity contribution < 1.29 is 9.50 Å². The first kappa shape index (κ1) is 14.3. The van der Waals surface area contributed by atoms with E-state index >= 15 is 0 Å². The summed E-state index contributed by atoms with van der Waals surface area (Å²) in [5.41, 5.74) is 1.34. The number of halogens is 3. The van der Waals surface area contributed by atoms with Crippen LogP contribution in [0.5, 0.6) is 0 Å². The summed E-state index contributed by atoms with van der Waals surface area (Å²) < 4.78 is 13.7. The van der Waals surface area contributed by atoms with Crippen LogP contribution in [0.4, 0.5) is 4.39 Å². The third-order valence-electron chi connectivity index (χ3n) is 3.05. The van der Waals surface area contributed by atoms with Crippen molar-refractivity contribution >= 4 is 23.2 Å². The minimum atomic E-state index is -0.320. The standard InChI is InChI=1S/C15H13Cl2FO/c16-12-6-5-10(14(17)8-12)7-11(9-19)13-3-1-2-4-15(13)18/h1-6,8,11,19H,7,9H2. The highest BCUT2D eigenvalue weighted by Crippen LogP contribution is 2.28. The van der Waals surface area contributed by atoms with Gasteiger partial charge in [0.1, 0.15) is 5.82 Å². The van der Waals surface area contributed by atoms with E-state index in [1.807, 2.05) is 0 Å². The van der Waals surface area contributed by atoms with Gasteiger partial charge in [-0.1, -0.05) is 47.5 Å². The summed E-state index contributed by atoms with van der Waals surface area (Å²) >= 11 is 11.9. The summed E-state index contributed by atoms with van der Waals surface area (Å²) in [6.45, 7) is -0.139. The lowest BCUT2D eigenvalue weighted by molar-refractivity contribution is 0.262. The Morgan fingerprint density at radius 3 is 2.47 bits per heavy atom. The molecule has 2 aromatic rings. The van der Waals surface area contributed by atoms with Crippen molar-refractivity contribution in [1.82, 2.24) is 0 Å². The summed E-state index contributed by atoms with van der Waals surface area (Å²) in [6, 6.07) is 11.6. The maximum Gasteiger partial charge on any atom is 0.126 e. The molecule has 19 heavy (non-hydrogen) atoms. The molecule has 0 aliphatic rings. The van der Waals surface area contributed by atoms with Gasteiger partial charge in [0.2, 0.25) is 0 Å². The Morgan fingerprint density at radius 2 is 1.84 bits per heavy atom. The number of aliphatic hydroxyl groups excluding tert-OH is 1. The lowest BCUT2D eigenvalue weighted by atomic mass is 9.92. The molecule has 0 radical (unpaired) electrons. The lowest BCUT2D eigenvalue weighted by Gasteiger charge is -2.16. The molecule has 0 saturated heterocycles. The minimum absolute atomic E-state index is 0.139. The predicted molar refractivity (Wildman–Crippen MR) is 76.4 cm³/mol. The lowest BCUT2D eigenvalue weighted by Crippen LogP contribution is -2.10. The molecule has 0 aliphatic heterocycles. The van der Waals surface area contributed by atoms with E-state index in [2.05, 4.69) is 0 Å². The third-order valence-corrected chi connectivity index (χ3v) is 3.63. The van der Waals surface area contributed by atoms with Gasteiger partial charge in [-0.25, -0.2) is 4.39 Å². The van der Waals surface area contributed by atoms with Crippen LogP contribution in [-0.2, 0) is 6.42 Å². The maximum absolute atomic E-state index is 13.7. The topological polar surface area (TPSA) is 20.2 Å². The number of aliphatic hydroxyl groups is 1. The van der Waals surface area contributed by atoms with E-state index in [-0.39, 0.29) is 18.3 Å². The van der Waals surface area contributed by atoms with Crippen molar-refractivity contribution in [3.63, 3.8) is 0 Å². The molecule has 0 amide bonds. The average Bonchev–Trinajstić information content (AvgIpc) is 2.39. The summed E-state index contributed by atoms with van der Waals surface area (Å²) in [4.78, 5) is 0. The first-order chi connectivity index (χ1) is 9.11. The van der Waals surface area contributed by atoms with Crippen molar-refractivity contribution in [2.24, 2.45) is 0 Å². The molecule has 0 spiro atoms. The molecule has 100 valence electrons. The summed E-state index contributed by atoms with van der Waals surface area (Å²) in [6.07, 6.45) is 0.466. The Labute approximate surface area is 121 Å². The highest BCUT2D eigenvalue weighted by Gasteiger charge is 2.16. The van der Waals surface area contributed by atoms with Gasteiger partial charge >= 0.3 is 0 Å². The highest BCUT2D eigenvalue weighted by molar-refractivity contribution is 6.35. The monoisotopic (exact) mass is 298 g/mol. The second-order valence-electron chi connectivity index (χ2n) is 4.34. The van der Waals surface area contributed by atoms with Gasteiger partial charge in [-0.2, -0.15) is 0 Å². The van der Waals surface area contributed by atoms with E-state index in [4.69, 9.17) is 23.2 Å². The summed E-state index contributed by atoms with van der Waals surface area (Å²) in [7, 11) is 0. The van der Waals surface area contributed by atoms with Gasteiger partial charge in [0.25, 0.3) is 0 Å². The van der Waals surface area contributed by atoms with Gasteiger partial charge in [0.15, 0.2) is 0 Å². The van der Waals surface area contributed by atoms with Gasteiger partial charge in [-0.3, -0.25) is 0 Å². The first-order valence-corrected chi connectivity index (χ1v) is 6.66. The Hall–Kier alpha value is -1.09. The van der Waals surface area contributed by atoms with Crippen molar-refractivity contribution in [3.8, 4) is 0 Å². The smallest absolute Gasteiger partial charge is 0.126 e. The van der Waals surface area contributed by atoms with Gasteiger partial charge in [-0.15, -0.1) is 0 Å². The molecule has 0 bridgehead atoms. The second kappa shape index (κ2) is 6.38. The van der Waals surface area contributed by atoms with Crippen LogP contribution in [0.3, 0.4) is 0 Å². The van der Waals surface area contributed by atoms with Crippen LogP contribution in [0, 0.1) is 5.82 Å². The Balaban J connectivity index is 2.27. The Morgan fingerprint density at radius 1 is 1.11 bits per heavy atom. The molecule has 1 N–H and O–H groups in total. The zero-order valence-electron chi connectivity index (χ0n) is 10.1. The predicted octanol–water partition coefficient (Wildman–Crippen LogP) is 4.45. The maximum atomic E-state index is 13.7. The third kappa shape index (κ3) is 3.47. The Kier molecular flexibility index (Phi) is 4.81. The van der Waals surface area contributed by atoms with Crippen LogP contribution >= 0.6 is 23.2 Å². The largest absolute Gasteiger partial charge is 0.396 e. The van der Waals surface area contributed by atoms with E-state index in [0.717, 1.165) is 5.56 Å². The van der Waals surface area contributed by atoms with Gasteiger partial charge in [-0.05, 0) is 35.7 Å². The molecule has 1 atom stereocenters. The van der Waals surface area contributed by atoms with Crippen molar-refractivity contribution in [2.75, 3.05) is 6.61 Å². The second-order valence-corrected chi connectivity index (χ2v) is 5.18. The van der Waals surface area contributed by atoms with E-state index in [1.165, 1.54) is 6.07 Å². The molecule has 0 saturated carbocycles. The summed E-state index contributed by atoms with van der Waals surface area (Å²) in [5.74, 6) is -0.633. The fraction of sp³-hybridized carbons (Fsp3) is 0.200.